The number of carbonyl (C=O) groups excluding carboxylic acids is 2. The van der Waals surface area contributed by atoms with Gasteiger partial charge in [-0.25, -0.2) is 9.59 Å². The number of rotatable bonds is 6. The van der Waals surface area contributed by atoms with E-state index in [0.717, 1.165) is 10.8 Å². The number of hydrogen-bond acceptors (Lipinski definition) is 5. The topological polar surface area (TPSA) is 84.9 Å². The molecule has 0 aliphatic heterocycles. The van der Waals surface area contributed by atoms with Crippen LogP contribution in [0.25, 0.3) is 10.8 Å². The molecule has 6 nitrogen and oxygen atoms in total. The van der Waals surface area contributed by atoms with Crippen LogP contribution in [0.2, 0.25) is 0 Å². The third kappa shape index (κ3) is 4.82. The first-order chi connectivity index (χ1) is 11.5. The molecule has 0 aliphatic carbocycles. The zero-order valence-corrected chi connectivity index (χ0v) is 13.3. The molecular formula is C18H19NO5. The summed E-state index contributed by atoms with van der Waals surface area (Å²) >= 11 is 0. The van der Waals surface area contributed by atoms with E-state index in [1.54, 1.807) is 6.07 Å². The second-order valence-electron chi connectivity index (χ2n) is 5.28. The molecule has 0 heterocycles. The standard InChI is InChI=1S/C18H19NO5/c1-12(2)17(21)23-10-14(20)11-24-18(22)19-16-9-5-7-13-6-3-4-8-15(13)16/h3-9,14,20H,1,10-11H2,2H3,(H,19,22). The largest absolute Gasteiger partial charge is 0.459 e. The Hall–Kier alpha value is -2.86. The van der Waals surface area contributed by atoms with E-state index in [9.17, 15) is 14.7 Å². The van der Waals surface area contributed by atoms with E-state index in [1.807, 2.05) is 36.4 Å². The molecule has 126 valence electrons. The molecule has 0 saturated heterocycles. The van der Waals surface area contributed by atoms with Gasteiger partial charge in [0.15, 0.2) is 0 Å². The summed E-state index contributed by atoms with van der Waals surface area (Å²) in [6, 6.07) is 13.1. The SMILES string of the molecule is C=C(C)C(=O)OCC(O)COC(=O)Nc1cccc2ccccc12. The van der Waals surface area contributed by atoms with E-state index >= 15 is 0 Å². The van der Waals surface area contributed by atoms with Crippen LogP contribution in [0.3, 0.4) is 0 Å². The summed E-state index contributed by atoms with van der Waals surface area (Å²) in [5.74, 6) is -0.603. The highest BCUT2D eigenvalue weighted by molar-refractivity contribution is 6.00. The number of aliphatic hydroxyl groups is 1. The zero-order valence-electron chi connectivity index (χ0n) is 13.3. The molecule has 0 spiro atoms. The first-order valence-corrected chi connectivity index (χ1v) is 7.39. The summed E-state index contributed by atoms with van der Waals surface area (Å²) in [7, 11) is 0. The van der Waals surface area contributed by atoms with Crippen LogP contribution in [0.1, 0.15) is 6.92 Å². The molecule has 1 atom stereocenters. The van der Waals surface area contributed by atoms with Crippen LogP contribution in [0.15, 0.2) is 54.6 Å². The van der Waals surface area contributed by atoms with Gasteiger partial charge in [0.25, 0.3) is 0 Å². The fourth-order valence-corrected chi connectivity index (χ4v) is 2.00. The molecule has 2 aromatic rings. The van der Waals surface area contributed by atoms with Crippen LogP contribution in [0.4, 0.5) is 10.5 Å². The number of benzene rings is 2. The van der Waals surface area contributed by atoms with Crippen molar-refractivity contribution in [2.45, 2.75) is 13.0 Å². The van der Waals surface area contributed by atoms with Gasteiger partial charge in [0.05, 0.1) is 5.69 Å². The number of carbonyl (C=O) groups is 2. The third-order valence-corrected chi connectivity index (χ3v) is 3.19. The van der Waals surface area contributed by atoms with Crippen molar-refractivity contribution in [1.29, 1.82) is 0 Å². The fraction of sp³-hybridized carbons (Fsp3) is 0.222. The lowest BCUT2D eigenvalue weighted by atomic mass is 10.1. The molecule has 1 unspecified atom stereocenters. The molecule has 2 N–H and O–H groups in total. The highest BCUT2D eigenvalue weighted by atomic mass is 16.6. The van der Waals surface area contributed by atoms with Gasteiger partial charge in [-0.2, -0.15) is 0 Å². The summed E-state index contributed by atoms with van der Waals surface area (Å²) in [6.45, 7) is 4.37. The maximum absolute atomic E-state index is 11.8. The number of esters is 1. The first kappa shape index (κ1) is 17.5. The predicted octanol–water partition coefficient (Wildman–Crippen LogP) is 2.87. The summed E-state index contributed by atoms with van der Waals surface area (Å²) in [6.07, 6.45) is -1.80. The predicted molar refractivity (Wildman–Crippen MR) is 90.7 cm³/mol. The third-order valence-electron chi connectivity index (χ3n) is 3.19. The van der Waals surface area contributed by atoms with Gasteiger partial charge in [0.2, 0.25) is 0 Å². The molecule has 2 aromatic carbocycles. The molecular weight excluding hydrogens is 310 g/mol. The monoisotopic (exact) mass is 329 g/mol. The molecule has 0 bridgehead atoms. The summed E-state index contributed by atoms with van der Waals surface area (Å²) < 4.78 is 9.71. The van der Waals surface area contributed by atoms with Crippen LogP contribution < -0.4 is 5.32 Å². The van der Waals surface area contributed by atoms with Crippen LogP contribution in [-0.4, -0.2) is 36.5 Å². The minimum absolute atomic E-state index is 0.233. The summed E-state index contributed by atoms with van der Waals surface area (Å²) in [5.41, 5.74) is 0.845. The van der Waals surface area contributed by atoms with Crippen LogP contribution in [0.5, 0.6) is 0 Å². The van der Waals surface area contributed by atoms with Crippen LogP contribution in [-0.2, 0) is 14.3 Å². The van der Waals surface area contributed by atoms with Crippen molar-refractivity contribution in [3.8, 4) is 0 Å². The van der Waals surface area contributed by atoms with Crippen molar-refractivity contribution in [2.24, 2.45) is 0 Å². The molecule has 24 heavy (non-hydrogen) atoms. The van der Waals surface area contributed by atoms with E-state index in [4.69, 9.17) is 9.47 Å². The smallest absolute Gasteiger partial charge is 0.411 e. The minimum atomic E-state index is -1.11. The van der Waals surface area contributed by atoms with Crippen LogP contribution in [0, 0.1) is 0 Å². The number of aliphatic hydroxyl groups excluding tert-OH is 1. The number of fused-ring (bicyclic) bond motifs is 1. The van der Waals surface area contributed by atoms with Gasteiger partial charge >= 0.3 is 12.1 Å². The Kier molecular flexibility index (Phi) is 5.92. The van der Waals surface area contributed by atoms with Crippen molar-refractivity contribution >= 4 is 28.5 Å². The maximum atomic E-state index is 11.8. The average Bonchev–Trinajstić information content (AvgIpc) is 2.58. The highest BCUT2D eigenvalue weighted by Crippen LogP contribution is 2.22. The summed E-state index contributed by atoms with van der Waals surface area (Å²) in [5, 5.41) is 14.2. The Labute approximate surface area is 139 Å². The van der Waals surface area contributed by atoms with Gasteiger partial charge in [-0.05, 0) is 18.4 Å². The molecule has 0 saturated carbocycles. The van der Waals surface area contributed by atoms with E-state index < -0.39 is 18.2 Å². The number of hydrogen-bond donors (Lipinski definition) is 2. The molecule has 1 amide bonds. The Balaban J connectivity index is 1.85. The van der Waals surface area contributed by atoms with Gasteiger partial charge in [0, 0.05) is 11.0 Å². The second kappa shape index (κ2) is 8.12. The molecule has 0 aromatic heterocycles. The number of nitrogens with one attached hydrogen (secondary N) is 1. The Morgan fingerprint density at radius 1 is 1.12 bits per heavy atom. The highest BCUT2D eigenvalue weighted by Gasteiger charge is 2.13. The molecule has 2 rings (SSSR count). The van der Waals surface area contributed by atoms with Crippen LogP contribution >= 0.6 is 0 Å². The molecule has 6 heteroatoms. The summed E-state index contributed by atoms with van der Waals surface area (Å²) in [4.78, 5) is 23.0. The van der Waals surface area contributed by atoms with Gasteiger partial charge in [-0.15, -0.1) is 0 Å². The average molecular weight is 329 g/mol. The molecule has 0 aliphatic rings. The van der Waals surface area contributed by atoms with Gasteiger partial charge in [-0.3, -0.25) is 5.32 Å². The Morgan fingerprint density at radius 3 is 2.54 bits per heavy atom. The minimum Gasteiger partial charge on any atom is -0.459 e. The maximum Gasteiger partial charge on any atom is 0.411 e. The Bertz CT molecular complexity index is 751. The second-order valence-corrected chi connectivity index (χ2v) is 5.28. The normalized spacial score (nSPS) is 11.6. The molecule has 0 radical (unpaired) electrons. The zero-order chi connectivity index (χ0) is 17.5. The van der Waals surface area contributed by atoms with Gasteiger partial charge in [-0.1, -0.05) is 43.0 Å². The lowest BCUT2D eigenvalue weighted by Gasteiger charge is -2.13. The van der Waals surface area contributed by atoms with E-state index in [-0.39, 0.29) is 18.8 Å². The number of ether oxygens (including phenoxy) is 2. The first-order valence-electron chi connectivity index (χ1n) is 7.39. The van der Waals surface area contributed by atoms with Crippen molar-refractivity contribution in [3.05, 3.63) is 54.6 Å². The fourth-order valence-electron chi connectivity index (χ4n) is 2.00. The van der Waals surface area contributed by atoms with E-state index in [0.29, 0.717) is 5.69 Å². The van der Waals surface area contributed by atoms with Crippen molar-refractivity contribution in [1.82, 2.24) is 0 Å². The van der Waals surface area contributed by atoms with E-state index in [1.165, 1.54) is 6.92 Å². The number of anilines is 1. The van der Waals surface area contributed by atoms with Crippen molar-refractivity contribution < 1.29 is 24.2 Å². The van der Waals surface area contributed by atoms with Crippen molar-refractivity contribution in [3.63, 3.8) is 0 Å². The lowest BCUT2D eigenvalue weighted by molar-refractivity contribution is -0.142. The molecule has 0 fully saturated rings. The Morgan fingerprint density at radius 2 is 1.79 bits per heavy atom. The quantitative estimate of drug-likeness (QED) is 0.629. The van der Waals surface area contributed by atoms with Gasteiger partial charge < -0.3 is 14.6 Å². The number of amides is 1. The van der Waals surface area contributed by atoms with Gasteiger partial charge in [0.1, 0.15) is 19.3 Å². The van der Waals surface area contributed by atoms with Crippen molar-refractivity contribution in [2.75, 3.05) is 18.5 Å². The lowest BCUT2D eigenvalue weighted by Crippen LogP contribution is -2.27. The van der Waals surface area contributed by atoms with E-state index in [2.05, 4.69) is 11.9 Å².